The second-order valence-corrected chi connectivity index (χ2v) is 4.91. The molecule has 1 aromatic heterocycles. The van der Waals surface area contributed by atoms with Crippen LogP contribution in [-0.4, -0.2) is 16.2 Å². The van der Waals surface area contributed by atoms with Crippen molar-refractivity contribution < 1.29 is 5.11 Å². The van der Waals surface area contributed by atoms with Crippen molar-refractivity contribution in [3.8, 4) is 5.75 Å². The Hall–Kier alpha value is -1.48. The molecule has 3 N–H and O–H groups in total. The van der Waals surface area contributed by atoms with Crippen LogP contribution in [0.3, 0.4) is 0 Å². The van der Waals surface area contributed by atoms with Crippen molar-refractivity contribution in [2.75, 3.05) is 6.54 Å². The highest BCUT2D eigenvalue weighted by Crippen LogP contribution is 2.30. The van der Waals surface area contributed by atoms with Gasteiger partial charge in [0.2, 0.25) is 0 Å². The molecule has 1 aromatic carbocycles. The van der Waals surface area contributed by atoms with Gasteiger partial charge < -0.3 is 15.4 Å². The number of benzene rings is 1. The quantitative estimate of drug-likeness (QED) is 0.854. The van der Waals surface area contributed by atoms with Gasteiger partial charge in [-0.25, -0.2) is 0 Å². The lowest BCUT2D eigenvalue weighted by Gasteiger charge is -2.18. The zero-order valence-electron chi connectivity index (χ0n) is 10.6. The Balaban J connectivity index is 2.71. The number of nitrogens with two attached hydrogens (primary N) is 1. The summed E-state index contributed by atoms with van der Waals surface area (Å²) in [5.41, 5.74) is 8.08. The fourth-order valence-electron chi connectivity index (χ4n) is 2.31. The van der Waals surface area contributed by atoms with Crippen LogP contribution in [0.1, 0.15) is 38.4 Å². The van der Waals surface area contributed by atoms with Crippen molar-refractivity contribution >= 4 is 10.9 Å². The summed E-state index contributed by atoms with van der Waals surface area (Å²) < 4.78 is 2.26. The standard InChI is InChI=1S/C14H20N2O/c1-9(2)16-13(10(3)8-15)6-11-4-5-12(17)7-14(11)16/h4-7,9-10,17H,8,15H2,1-3H3. The highest BCUT2D eigenvalue weighted by molar-refractivity contribution is 5.83. The molecule has 0 aliphatic heterocycles. The number of nitrogens with zero attached hydrogens (tertiary/aromatic N) is 1. The van der Waals surface area contributed by atoms with Crippen molar-refractivity contribution in [2.45, 2.75) is 32.7 Å². The summed E-state index contributed by atoms with van der Waals surface area (Å²) in [5.74, 6) is 0.636. The third-order valence-electron chi connectivity index (χ3n) is 3.23. The van der Waals surface area contributed by atoms with Gasteiger partial charge in [0.25, 0.3) is 0 Å². The Morgan fingerprint density at radius 1 is 1.24 bits per heavy atom. The molecule has 1 heterocycles. The molecular weight excluding hydrogens is 212 g/mol. The molecule has 0 saturated heterocycles. The summed E-state index contributed by atoms with van der Waals surface area (Å²) >= 11 is 0. The van der Waals surface area contributed by atoms with Crippen LogP contribution < -0.4 is 5.73 Å². The molecule has 3 heteroatoms. The Morgan fingerprint density at radius 2 is 1.94 bits per heavy atom. The summed E-state index contributed by atoms with van der Waals surface area (Å²) in [6.45, 7) is 7.06. The normalized spacial score (nSPS) is 13.5. The lowest BCUT2D eigenvalue weighted by atomic mass is 10.1. The van der Waals surface area contributed by atoms with Gasteiger partial charge in [-0.3, -0.25) is 0 Å². The summed E-state index contributed by atoms with van der Waals surface area (Å²) in [5, 5.41) is 10.8. The minimum Gasteiger partial charge on any atom is -0.508 e. The van der Waals surface area contributed by atoms with E-state index >= 15 is 0 Å². The Bertz CT molecular complexity index is 528. The Labute approximate surface area is 102 Å². The number of rotatable bonds is 3. The maximum atomic E-state index is 9.60. The van der Waals surface area contributed by atoms with Gasteiger partial charge in [-0.15, -0.1) is 0 Å². The van der Waals surface area contributed by atoms with Gasteiger partial charge in [-0.05, 0) is 32.0 Å². The zero-order valence-corrected chi connectivity index (χ0v) is 10.6. The number of hydrogen-bond acceptors (Lipinski definition) is 2. The van der Waals surface area contributed by atoms with Crippen LogP contribution >= 0.6 is 0 Å². The molecule has 0 amide bonds. The monoisotopic (exact) mass is 232 g/mol. The largest absolute Gasteiger partial charge is 0.508 e. The van der Waals surface area contributed by atoms with Crippen LogP contribution in [0.5, 0.6) is 5.75 Å². The predicted molar refractivity (Wildman–Crippen MR) is 71.5 cm³/mol. The van der Waals surface area contributed by atoms with Gasteiger partial charge in [0.1, 0.15) is 5.75 Å². The summed E-state index contributed by atoms with van der Waals surface area (Å²) in [6.07, 6.45) is 0. The van der Waals surface area contributed by atoms with E-state index in [2.05, 4.69) is 31.4 Å². The van der Waals surface area contributed by atoms with E-state index in [9.17, 15) is 5.11 Å². The maximum Gasteiger partial charge on any atom is 0.117 e. The van der Waals surface area contributed by atoms with Gasteiger partial charge in [0, 0.05) is 35.7 Å². The van der Waals surface area contributed by atoms with Crippen LogP contribution in [0.2, 0.25) is 0 Å². The van der Waals surface area contributed by atoms with Gasteiger partial charge in [-0.2, -0.15) is 0 Å². The molecule has 2 aromatic rings. The van der Waals surface area contributed by atoms with Crippen molar-refractivity contribution in [3.05, 3.63) is 30.0 Å². The van der Waals surface area contributed by atoms with Crippen molar-refractivity contribution in [1.29, 1.82) is 0 Å². The van der Waals surface area contributed by atoms with E-state index in [4.69, 9.17) is 5.73 Å². The molecule has 92 valence electrons. The Kier molecular flexibility index (Phi) is 3.11. The molecule has 0 fully saturated rings. The first kappa shape index (κ1) is 12.0. The third-order valence-corrected chi connectivity index (χ3v) is 3.23. The van der Waals surface area contributed by atoms with Crippen LogP contribution in [0, 0.1) is 0 Å². The van der Waals surface area contributed by atoms with E-state index in [-0.39, 0.29) is 0 Å². The fraction of sp³-hybridized carbons (Fsp3) is 0.429. The Morgan fingerprint density at radius 3 is 2.53 bits per heavy atom. The van der Waals surface area contributed by atoms with E-state index in [1.165, 1.54) is 5.69 Å². The summed E-state index contributed by atoms with van der Waals surface area (Å²) in [7, 11) is 0. The molecule has 0 radical (unpaired) electrons. The van der Waals surface area contributed by atoms with Gasteiger partial charge in [0.15, 0.2) is 0 Å². The van der Waals surface area contributed by atoms with E-state index in [1.807, 2.05) is 12.1 Å². The van der Waals surface area contributed by atoms with Crippen molar-refractivity contribution in [2.24, 2.45) is 5.73 Å². The number of fused-ring (bicyclic) bond motifs is 1. The molecule has 2 rings (SSSR count). The fourth-order valence-corrected chi connectivity index (χ4v) is 2.31. The highest BCUT2D eigenvalue weighted by Gasteiger charge is 2.15. The number of aromatic nitrogens is 1. The number of phenolic OH excluding ortho intramolecular Hbond substituents is 1. The highest BCUT2D eigenvalue weighted by atomic mass is 16.3. The second kappa shape index (κ2) is 4.41. The summed E-state index contributed by atoms with van der Waals surface area (Å²) in [6, 6.07) is 8.03. The molecule has 0 aliphatic carbocycles. The lowest BCUT2D eigenvalue weighted by molar-refractivity contribution is 0.475. The smallest absolute Gasteiger partial charge is 0.117 e. The van der Waals surface area contributed by atoms with Gasteiger partial charge >= 0.3 is 0 Å². The molecule has 1 atom stereocenters. The molecule has 0 bridgehead atoms. The first-order valence-electron chi connectivity index (χ1n) is 6.08. The molecule has 0 spiro atoms. The maximum absolute atomic E-state index is 9.60. The average molecular weight is 232 g/mol. The van der Waals surface area contributed by atoms with Crippen LogP contribution in [0.25, 0.3) is 10.9 Å². The first-order valence-corrected chi connectivity index (χ1v) is 6.08. The SMILES string of the molecule is CC(CN)c1cc2ccc(O)cc2n1C(C)C. The molecule has 17 heavy (non-hydrogen) atoms. The molecule has 3 nitrogen and oxygen atoms in total. The number of phenols is 1. The first-order chi connectivity index (χ1) is 8.04. The topological polar surface area (TPSA) is 51.2 Å². The van der Waals surface area contributed by atoms with Crippen LogP contribution in [0.15, 0.2) is 24.3 Å². The molecule has 0 saturated carbocycles. The second-order valence-electron chi connectivity index (χ2n) is 4.91. The van der Waals surface area contributed by atoms with Crippen molar-refractivity contribution in [3.63, 3.8) is 0 Å². The average Bonchev–Trinajstić information content (AvgIpc) is 2.66. The number of hydrogen-bond donors (Lipinski definition) is 2. The molecule has 1 unspecified atom stereocenters. The lowest BCUT2D eigenvalue weighted by Crippen LogP contribution is -2.14. The van der Waals surface area contributed by atoms with E-state index in [1.54, 1.807) is 6.07 Å². The third kappa shape index (κ3) is 2.03. The molecular formula is C14H20N2O. The van der Waals surface area contributed by atoms with Crippen LogP contribution in [-0.2, 0) is 0 Å². The van der Waals surface area contributed by atoms with Gasteiger partial charge in [-0.1, -0.05) is 6.92 Å². The zero-order chi connectivity index (χ0) is 12.6. The van der Waals surface area contributed by atoms with E-state index < -0.39 is 0 Å². The van der Waals surface area contributed by atoms with Gasteiger partial charge in [0.05, 0.1) is 5.52 Å². The minimum absolute atomic E-state index is 0.310. The van der Waals surface area contributed by atoms with E-state index in [0.717, 1.165) is 10.9 Å². The molecule has 0 aliphatic rings. The summed E-state index contributed by atoms with van der Waals surface area (Å²) in [4.78, 5) is 0. The predicted octanol–water partition coefficient (Wildman–Crippen LogP) is 2.99. The van der Waals surface area contributed by atoms with Crippen LogP contribution in [0.4, 0.5) is 0 Å². The van der Waals surface area contributed by atoms with Crippen molar-refractivity contribution in [1.82, 2.24) is 4.57 Å². The number of aromatic hydroxyl groups is 1. The van der Waals surface area contributed by atoms with E-state index in [0.29, 0.717) is 24.3 Å². The minimum atomic E-state index is 0.310.